The minimum Gasteiger partial charge on any atom is -0.497 e. The van der Waals surface area contributed by atoms with Gasteiger partial charge >= 0.3 is 0 Å². The number of amides is 2. The van der Waals surface area contributed by atoms with E-state index in [9.17, 15) is 9.59 Å². The van der Waals surface area contributed by atoms with Crippen LogP contribution in [-0.4, -0.2) is 18.9 Å². The van der Waals surface area contributed by atoms with E-state index in [-0.39, 0.29) is 18.2 Å². The predicted molar refractivity (Wildman–Crippen MR) is 133 cm³/mol. The zero-order valence-corrected chi connectivity index (χ0v) is 19.9. The molecular formula is C27H26N2O4S. The molecule has 2 heterocycles. The fraction of sp³-hybridized carbons (Fsp3) is 0.185. The molecule has 7 heteroatoms. The number of hydrogen-bond acceptors (Lipinski definition) is 5. The highest BCUT2D eigenvalue weighted by Crippen LogP contribution is 2.30. The van der Waals surface area contributed by atoms with Crippen LogP contribution in [0.15, 0.2) is 88.7 Å². The highest BCUT2D eigenvalue weighted by atomic mass is 32.1. The number of para-hydroxylation sites is 1. The Hall–Kier alpha value is -3.84. The molecule has 4 aromatic rings. The van der Waals surface area contributed by atoms with Crippen molar-refractivity contribution in [2.24, 2.45) is 0 Å². The Morgan fingerprint density at radius 3 is 2.38 bits per heavy atom. The standard InChI is InChI=1S/C27H26N2O4S/c1-19-10-15-24(33-19)26(27(31)28-18-20-11-13-22(32-2)14-12-20)29(21-7-4-3-5-8-21)25(30)17-23-9-6-16-34-23/h3-16,26H,17-18H2,1-2H3,(H,28,31). The summed E-state index contributed by atoms with van der Waals surface area (Å²) < 4.78 is 11.1. The van der Waals surface area contributed by atoms with Crippen LogP contribution in [0.5, 0.6) is 5.75 Å². The Balaban J connectivity index is 1.65. The average molecular weight is 475 g/mol. The van der Waals surface area contributed by atoms with Gasteiger partial charge in [-0.05, 0) is 60.3 Å². The van der Waals surface area contributed by atoms with E-state index in [0.717, 1.165) is 16.2 Å². The summed E-state index contributed by atoms with van der Waals surface area (Å²) in [6.07, 6.45) is 0.189. The second-order valence-electron chi connectivity index (χ2n) is 7.77. The van der Waals surface area contributed by atoms with E-state index in [1.807, 2.05) is 79.0 Å². The van der Waals surface area contributed by atoms with Gasteiger partial charge in [-0.3, -0.25) is 14.5 Å². The number of aryl methyl sites for hydroxylation is 1. The summed E-state index contributed by atoms with van der Waals surface area (Å²) in [5, 5.41) is 4.91. The molecule has 34 heavy (non-hydrogen) atoms. The molecule has 174 valence electrons. The first-order valence-corrected chi connectivity index (χ1v) is 11.8. The summed E-state index contributed by atoms with van der Waals surface area (Å²) in [4.78, 5) is 29.6. The molecule has 0 bridgehead atoms. The van der Waals surface area contributed by atoms with Crippen LogP contribution >= 0.6 is 11.3 Å². The number of hydrogen-bond donors (Lipinski definition) is 1. The van der Waals surface area contributed by atoms with Gasteiger partial charge in [0.25, 0.3) is 5.91 Å². The van der Waals surface area contributed by atoms with Crippen LogP contribution in [0.4, 0.5) is 5.69 Å². The highest BCUT2D eigenvalue weighted by molar-refractivity contribution is 7.10. The first-order valence-electron chi connectivity index (χ1n) is 10.9. The molecule has 2 amide bonds. The third-order valence-corrected chi connectivity index (χ3v) is 6.25. The van der Waals surface area contributed by atoms with Crippen LogP contribution < -0.4 is 15.0 Å². The van der Waals surface area contributed by atoms with Gasteiger partial charge in [0.05, 0.1) is 13.5 Å². The molecule has 1 N–H and O–H groups in total. The van der Waals surface area contributed by atoms with Crippen molar-refractivity contribution in [2.75, 3.05) is 12.0 Å². The number of nitrogens with zero attached hydrogens (tertiary/aromatic N) is 1. The number of carbonyl (C=O) groups is 2. The molecule has 4 rings (SSSR count). The van der Waals surface area contributed by atoms with Gasteiger partial charge in [-0.25, -0.2) is 0 Å². The molecule has 0 aliphatic carbocycles. The fourth-order valence-corrected chi connectivity index (χ4v) is 4.37. The maximum atomic E-state index is 13.6. The van der Waals surface area contributed by atoms with Gasteiger partial charge < -0.3 is 14.5 Å². The highest BCUT2D eigenvalue weighted by Gasteiger charge is 2.35. The average Bonchev–Trinajstić information content (AvgIpc) is 3.53. The number of carbonyl (C=O) groups excluding carboxylic acids is 2. The van der Waals surface area contributed by atoms with Crippen molar-refractivity contribution in [3.05, 3.63) is 106 Å². The number of anilines is 1. The number of ether oxygens (including phenoxy) is 1. The van der Waals surface area contributed by atoms with E-state index >= 15 is 0 Å². The van der Waals surface area contributed by atoms with Crippen molar-refractivity contribution in [3.63, 3.8) is 0 Å². The molecule has 1 atom stereocenters. The molecule has 0 aliphatic rings. The summed E-state index contributed by atoms with van der Waals surface area (Å²) >= 11 is 1.51. The molecule has 0 aliphatic heterocycles. The predicted octanol–water partition coefficient (Wildman–Crippen LogP) is 5.29. The van der Waals surface area contributed by atoms with Gasteiger partial charge in [-0.1, -0.05) is 36.4 Å². The van der Waals surface area contributed by atoms with Crippen LogP contribution in [0.25, 0.3) is 0 Å². The molecule has 0 saturated heterocycles. The van der Waals surface area contributed by atoms with Crippen LogP contribution in [0.1, 0.15) is 28.0 Å². The minimum absolute atomic E-state index is 0.188. The molecule has 0 fully saturated rings. The largest absolute Gasteiger partial charge is 0.497 e. The van der Waals surface area contributed by atoms with Gasteiger partial charge in [-0.2, -0.15) is 0 Å². The third-order valence-electron chi connectivity index (χ3n) is 5.37. The Morgan fingerprint density at radius 2 is 1.76 bits per heavy atom. The van der Waals surface area contributed by atoms with E-state index in [1.165, 1.54) is 16.2 Å². The van der Waals surface area contributed by atoms with E-state index in [4.69, 9.17) is 9.15 Å². The zero-order valence-electron chi connectivity index (χ0n) is 19.1. The number of benzene rings is 2. The molecular weight excluding hydrogens is 448 g/mol. The smallest absolute Gasteiger partial charge is 0.251 e. The van der Waals surface area contributed by atoms with Gasteiger partial charge in [-0.15, -0.1) is 11.3 Å². The molecule has 2 aromatic carbocycles. The summed E-state index contributed by atoms with van der Waals surface area (Å²) in [6.45, 7) is 2.12. The van der Waals surface area contributed by atoms with Gasteiger partial charge in [0.1, 0.15) is 17.3 Å². The Bertz CT molecular complexity index is 1220. The zero-order chi connectivity index (χ0) is 23.9. The minimum atomic E-state index is -0.957. The van der Waals surface area contributed by atoms with Gasteiger partial charge in [0.2, 0.25) is 5.91 Å². The second kappa shape index (κ2) is 10.9. The number of rotatable bonds is 9. The lowest BCUT2D eigenvalue weighted by atomic mass is 10.1. The molecule has 2 aromatic heterocycles. The Kier molecular flexibility index (Phi) is 7.44. The van der Waals surface area contributed by atoms with E-state index < -0.39 is 6.04 Å². The number of furan rings is 1. The lowest BCUT2D eigenvalue weighted by molar-refractivity contribution is -0.127. The van der Waals surface area contributed by atoms with Gasteiger partial charge in [0, 0.05) is 17.1 Å². The Labute approximate surface area is 202 Å². The molecule has 6 nitrogen and oxygen atoms in total. The monoisotopic (exact) mass is 474 g/mol. The first kappa shape index (κ1) is 23.3. The molecule has 0 spiro atoms. The van der Waals surface area contributed by atoms with Crippen LogP contribution in [0, 0.1) is 6.92 Å². The van der Waals surface area contributed by atoms with Crippen molar-refractivity contribution >= 4 is 28.8 Å². The summed E-state index contributed by atoms with van der Waals surface area (Å²) in [5.74, 6) is 1.31. The Morgan fingerprint density at radius 1 is 1.00 bits per heavy atom. The van der Waals surface area contributed by atoms with Gasteiger partial charge in [0.15, 0.2) is 6.04 Å². The van der Waals surface area contributed by atoms with Crippen molar-refractivity contribution in [2.45, 2.75) is 25.9 Å². The number of nitrogens with one attached hydrogen (secondary N) is 1. The molecule has 1 unspecified atom stereocenters. The topological polar surface area (TPSA) is 71.8 Å². The quantitative estimate of drug-likeness (QED) is 0.358. The summed E-state index contributed by atoms with van der Waals surface area (Å²) in [5.41, 5.74) is 1.54. The third kappa shape index (κ3) is 5.55. The van der Waals surface area contributed by atoms with E-state index in [2.05, 4.69) is 5.32 Å². The van der Waals surface area contributed by atoms with Crippen LogP contribution in [0.2, 0.25) is 0 Å². The normalized spacial score (nSPS) is 11.6. The molecule has 0 radical (unpaired) electrons. The van der Waals surface area contributed by atoms with Crippen molar-refractivity contribution in [1.29, 1.82) is 0 Å². The second-order valence-corrected chi connectivity index (χ2v) is 8.80. The summed E-state index contributed by atoms with van der Waals surface area (Å²) in [7, 11) is 1.61. The van der Waals surface area contributed by atoms with E-state index in [0.29, 0.717) is 23.8 Å². The lowest BCUT2D eigenvalue weighted by Gasteiger charge is -2.30. The maximum absolute atomic E-state index is 13.6. The van der Waals surface area contributed by atoms with Crippen molar-refractivity contribution in [3.8, 4) is 5.75 Å². The number of methoxy groups -OCH3 is 1. The van der Waals surface area contributed by atoms with Crippen LogP contribution in [-0.2, 0) is 22.6 Å². The van der Waals surface area contributed by atoms with Crippen molar-refractivity contribution < 1.29 is 18.7 Å². The lowest BCUT2D eigenvalue weighted by Crippen LogP contribution is -2.44. The first-order chi connectivity index (χ1) is 16.5. The SMILES string of the molecule is COc1ccc(CNC(=O)C(c2ccc(C)o2)N(C(=O)Cc2cccs2)c2ccccc2)cc1. The number of thiophene rings is 1. The van der Waals surface area contributed by atoms with Crippen molar-refractivity contribution in [1.82, 2.24) is 5.32 Å². The summed E-state index contributed by atoms with van der Waals surface area (Å²) in [6, 6.07) is 23.1. The fourth-order valence-electron chi connectivity index (χ4n) is 3.68. The molecule has 0 saturated carbocycles. The maximum Gasteiger partial charge on any atom is 0.251 e. The van der Waals surface area contributed by atoms with Crippen LogP contribution in [0.3, 0.4) is 0 Å². The van der Waals surface area contributed by atoms with E-state index in [1.54, 1.807) is 19.2 Å².